The molecular weight excluding hydrogens is 599 g/mol. The van der Waals surface area contributed by atoms with Crippen LogP contribution >= 0.6 is 22.9 Å². The number of carbonyl (C=O) groups excluding carboxylic acids is 3. The molecule has 1 aromatic carbocycles. The number of fused-ring (bicyclic) bond motifs is 1. The van der Waals surface area contributed by atoms with E-state index < -0.39 is 35.9 Å². The van der Waals surface area contributed by atoms with Gasteiger partial charge < -0.3 is 24.6 Å². The minimum absolute atomic E-state index is 0.0633. The molecule has 4 aliphatic rings. The number of aliphatic imine (C=N–C) groups is 1. The van der Waals surface area contributed by atoms with Crippen LogP contribution in [-0.2, 0) is 19.1 Å². The summed E-state index contributed by atoms with van der Waals surface area (Å²) in [5, 5.41) is 5.47. The zero-order valence-electron chi connectivity index (χ0n) is 23.8. The number of aromatic nitrogens is 1. The number of benzene rings is 1. The fraction of sp³-hybridized carbons (Fsp3) is 0.483. The summed E-state index contributed by atoms with van der Waals surface area (Å²) in [5.74, 6) is -0.863. The SMILES string of the molecule is CCOC(=O)C1=C(CN2CCN3C(=O)N(CC4CC4)C[C@H]3[C@@H]2C(=O)OC)NC(c2nccs2)=N[C@H]1c1cccc(F)c1Cl. The fourth-order valence-corrected chi connectivity index (χ4v) is 6.84. The number of amides is 2. The molecule has 2 amide bonds. The molecule has 2 saturated heterocycles. The summed E-state index contributed by atoms with van der Waals surface area (Å²) in [6, 6.07) is 2.12. The highest BCUT2D eigenvalue weighted by molar-refractivity contribution is 7.11. The van der Waals surface area contributed by atoms with Gasteiger partial charge in [-0.15, -0.1) is 11.3 Å². The van der Waals surface area contributed by atoms with Crippen molar-refractivity contribution in [3.05, 3.63) is 62.5 Å². The number of methoxy groups -OCH3 is 1. The third kappa shape index (κ3) is 5.73. The molecule has 14 heteroatoms. The first-order valence-corrected chi connectivity index (χ1v) is 15.5. The van der Waals surface area contributed by atoms with Gasteiger partial charge in [-0.25, -0.2) is 19.0 Å². The average Bonchev–Trinajstić information content (AvgIpc) is 3.53. The Kier molecular flexibility index (Phi) is 8.38. The van der Waals surface area contributed by atoms with Crippen LogP contribution in [0.25, 0.3) is 0 Å². The summed E-state index contributed by atoms with van der Waals surface area (Å²) in [6.07, 6.45) is 3.85. The predicted octanol–water partition coefficient (Wildman–Crippen LogP) is 3.22. The van der Waals surface area contributed by atoms with Crippen LogP contribution in [0.3, 0.4) is 0 Å². The molecule has 4 heterocycles. The Balaban J connectivity index is 1.40. The van der Waals surface area contributed by atoms with Gasteiger partial charge in [0.15, 0.2) is 10.8 Å². The molecule has 0 radical (unpaired) electrons. The molecule has 43 heavy (non-hydrogen) atoms. The lowest BCUT2D eigenvalue weighted by Crippen LogP contribution is -2.62. The average molecular weight is 631 g/mol. The van der Waals surface area contributed by atoms with Crippen molar-refractivity contribution in [2.24, 2.45) is 10.9 Å². The quantitative estimate of drug-likeness (QED) is 0.420. The highest BCUT2D eigenvalue weighted by Crippen LogP contribution is 2.38. The second kappa shape index (κ2) is 12.2. The van der Waals surface area contributed by atoms with E-state index in [2.05, 4.69) is 10.3 Å². The monoisotopic (exact) mass is 630 g/mol. The first kappa shape index (κ1) is 29.5. The molecule has 0 spiro atoms. The van der Waals surface area contributed by atoms with Crippen LogP contribution in [-0.4, -0.2) is 102 Å². The van der Waals surface area contributed by atoms with Gasteiger partial charge in [-0.2, -0.15) is 0 Å². The largest absolute Gasteiger partial charge is 0.468 e. The molecule has 1 aliphatic carbocycles. The van der Waals surface area contributed by atoms with Crippen molar-refractivity contribution < 1.29 is 28.2 Å². The minimum atomic E-state index is -1.00. The highest BCUT2D eigenvalue weighted by atomic mass is 35.5. The predicted molar refractivity (Wildman–Crippen MR) is 157 cm³/mol. The first-order chi connectivity index (χ1) is 20.8. The topological polar surface area (TPSA) is 117 Å². The molecule has 3 aliphatic heterocycles. The van der Waals surface area contributed by atoms with Crippen molar-refractivity contribution in [3.63, 3.8) is 0 Å². The normalized spacial score (nSPS) is 24.0. The molecular formula is C29H32ClFN6O5S. The van der Waals surface area contributed by atoms with E-state index in [-0.39, 0.29) is 29.8 Å². The number of ether oxygens (including phenoxy) is 2. The number of esters is 2. The zero-order valence-corrected chi connectivity index (χ0v) is 25.4. The van der Waals surface area contributed by atoms with Gasteiger partial charge in [-0.05, 0) is 31.7 Å². The van der Waals surface area contributed by atoms with Crippen LogP contribution in [0.4, 0.5) is 9.18 Å². The number of rotatable bonds is 9. The van der Waals surface area contributed by atoms with Gasteiger partial charge in [0.05, 0.1) is 30.4 Å². The summed E-state index contributed by atoms with van der Waals surface area (Å²) in [7, 11) is 1.33. The Morgan fingerprint density at radius 2 is 2.07 bits per heavy atom. The highest BCUT2D eigenvalue weighted by Gasteiger charge is 2.51. The van der Waals surface area contributed by atoms with Gasteiger partial charge in [-0.3, -0.25) is 14.7 Å². The van der Waals surface area contributed by atoms with Crippen molar-refractivity contribution >= 4 is 46.7 Å². The number of nitrogens with zero attached hydrogens (tertiary/aromatic N) is 5. The van der Waals surface area contributed by atoms with E-state index in [0.29, 0.717) is 54.2 Å². The lowest BCUT2D eigenvalue weighted by Gasteiger charge is -2.43. The summed E-state index contributed by atoms with van der Waals surface area (Å²) in [6.45, 7) is 3.76. The zero-order chi connectivity index (χ0) is 30.2. The summed E-state index contributed by atoms with van der Waals surface area (Å²) < 4.78 is 25.4. The Labute approximate surface area is 257 Å². The molecule has 1 aromatic heterocycles. The number of urea groups is 1. The summed E-state index contributed by atoms with van der Waals surface area (Å²) >= 11 is 7.78. The molecule has 1 saturated carbocycles. The van der Waals surface area contributed by atoms with Crippen molar-refractivity contribution in [1.82, 2.24) is 25.0 Å². The van der Waals surface area contributed by atoms with Gasteiger partial charge in [0, 0.05) is 55.6 Å². The van der Waals surface area contributed by atoms with Crippen molar-refractivity contribution in [2.45, 2.75) is 37.9 Å². The van der Waals surface area contributed by atoms with Crippen LogP contribution in [0, 0.1) is 11.7 Å². The summed E-state index contributed by atoms with van der Waals surface area (Å²) in [5.41, 5.74) is 0.869. The number of nitrogens with one attached hydrogen (secondary N) is 1. The Bertz CT molecular complexity index is 1480. The molecule has 3 fully saturated rings. The fourth-order valence-electron chi connectivity index (χ4n) is 6.02. The maximum absolute atomic E-state index is 14.7. The molecule has 11 nitrogen and oxygen atoms in total. The lowest BCUT2D eigenvalue weighted by molar-refractivity contribution is -0.150. The van der Waals surface area contributed by atoms with E-state index in [9.17, 15) is 18.8 Å². The van der Waals surface area contributed by atoms with Crippen LogP contribution in [0.15, 0.2) is 46.0 Å². The number of hydrogen-bond acceptors (Lipinski definition) is 10. The van der Waals surface area contributed by atoms with Gasteiger partial charge in [0.25, 0.3) is 0 Å². The van der Waals surface area contributed by atoms with Gasteiger partial charge in [-0.1, -0.05) is 23.7 Å². The van der Waals surface area contributed by atoms with Gasteiger partial charge >= 0.3 is 18.0 Å². The van der Waals surface area contributed by atoms with E-state index in [1.165, 1.54) is 30.6 Å². The van der Waals surface area contributed by atoms with Crippen LogP contribution in [0.2, 0.25) is 5.02 Å². The van der Waals surface area contributed by atoms with E-state index >= 15 is 0 Å². The van der Waals surface area contributed by atoms with Crippen LogP contribution in [0.1, 0.15) is 36.4 Å². The number of hydrogen-bond donors (Lipinski definition) is 1. The second-order valence-electron chi connectivity index (χ2n) is 10.9. The van der Waals surface area contributed by atoms with Gasteiger partial charge in [0.1, 0.15) is 17.9 Å². The van der Waals surface area contributed by atoms with E-state index in [4.69, 9.17) is 26.1 Å². The third-order valence-electron chi connectivity index (χ3n) is 8.22. The lowest BCUT2D eigenvalue weighted by atomic mass is 9.94. The molecule has 0 bridgehead atoms. The Morgan fingerprint density at radius 1 is 1.26 bits per heavy atom. The van der Waals surface area contributed by atoms with Crippen molar-refractivity contribution in [1.29, 1.82) is 0 Å². The second-order valence-corrected chi connectivity index (χ2v) is 12.2. The van der Waals surface area contributed by atoms with Crippen LogP contribution < -0.4 is 5.32 Å². The Hall–Kier alpha value is -3.55. The Morgan fingerprint density at radius 3 is 2.77 bits per heavy atom. The van der Waals surface area contributed by atoms with E-state index in [1.54, 1.807) is 29.5 Å². The minimum Gasteiger partial charge on any atom is -0.468 e. The maximum Gasteiger partial charge on any atom is 0.338 e. The number of halogens is 2. The molecule has 6 rings (SSSR count). The number of thiazole rings is 1. The van der Waals surface area contributed by atoms with Gasteiger partial charge in [0.2, 0.25) is 0 Å². The summed E-state index contributed by atoms with van der Waals surface area (Å²) in [4.78, 5) is 54.8. The standard InChI is InChI=1S/C29H32ClFN6O5S/c1-3-42-27(38)21-19(33-25(26-32-9-12-43-26)34-23(21)17-5-4-6-18(31)22(17)30)14-35-10-11-37-20(24(35)28(39)41-2)15-36(29(37)40)13-16-7-8-16/h4-6,9,12,16,20,23-24H,3,7-8,10-11,13-15H2,1-2H3,(H,33,34)/t20-,23-,24+/m0/s1. The third-order valence-corrected chi connectivity index (χ3v) is 9.40. The molecule has 1 N–H and O–H groups in total. The van der Waals surface area contributed by atoms with Crippen molar-refractivity contribution in [3.8, 4) is 0 Å². The van der Waals surface area contributed by atoms with Crippen molar-refractivity contribution in [2.75, 3.05) is 46.4 Å². The number of amidine groups is 1. The molecule has 0 unspecified atom stereocenters. The molecule has 2 aromatic rings. The number of piperazine rings is 1. The molecule has 3 atom stereocenters. The van der Waals surface area contributed by atoms with E-state index in [1.807, 2.05) is 9.80 Å². The first-order valence-electron chi connectivity index (χ1n) is 14.3. The number of carbonyl (C=O) groups is 3. The molecule has 228 valence electrons. The smallest absolute Gasteiger partial charge is 0.338 e. The van der Waals surface area contributed by atoms with E-state index in [0.717, 1.165) is 12.8 Å². The maximum atomic E-state index is 14.7. The van der Waals surface area contributed by atoms with Crippen LogP contribution in [0.5, 0.6) is 0 Å².